The van der Waals surface area contributed by atoms with Crippen LogP contribution in [0.25, 0.3) is 0 Å². The van der Waals surface area contributed by atoms with E-state index in [1.54, 1.807) is 0 Å². The molecule has 0 amide bonds. The van der Waals surface area contributed by atoms with Gasteiger partial charge in [0.25, 0.3) is 0 Å². The van der Waals surface area contributed by atoms with Crippen molar-refractivity contribution in [2.75, 3.05) is 19.7 Å². The molecule has 3 unspecified atom stereocenters. The second-order valence-electron chi connectivity index (χ2n) is 6.44. The Balaban J connectivity index is 1.97. The first-order chi connectivity index (χ1) is 10.6. The van der Waals surface area contributed by atoms with Crippen molar-refractivity contribution >= 4 is 23.2 Å². The molecule has 2 nitrogen and oxygen atoms in total. The largest absolute Gasteiger partial charge is 0.378 e. The summed E-state index contributed by atoms with van der Waals surface area (Å²) in [7, 11) is 0. The van der Waals surface area contributed by atoms with Crippen molar-refractivity contribution in [2.24, 2.45) is 5.41 Å². The zero-order chi connectivity index (χ0) is 15.8. The molecule has 22 heavy (non-hydrogen) atoms. The third kappa shape index (κ3) is 2.41. The molecule has 1 saturated heterocycles. The highest BCUT2D eigenvalue weighted by atomic mass is 35.5. The Kier molecular flexibility index (Phi) is 4.57. The molecule has 1 aliphatic carbocycles. The predicted molar refractivity (Wildman–Crippen MR) is 92.9 cm³/mol. The molecule has 1 saturated carbocycles. The summed E-state index contributed by atoms with van der Waals surface area (Å²) in [4.78, 5) is 0. The van der Waals surface area contributed by atoms with Crippen molar-refractivity contribution in [3.63, 3.8) is 0 Å². The molecule has 1 aliphatic heterocycles. The second-order valence-corrected chi connectivity index (χ2v) is 7.25. The zero-order valence-corrected chi connectivity index (χ0v) is 14.5. The number of hydrogen-bond acceptors (Lipinski definition) is 2. The average molecular weight is 340 g/mol. The molecule has 4 heteroatoms. The quantitative estimate of drug-likeness (QED) is 0.765. The highest BCUT2D eigenvalue weighted by Crippen LogP contribution is 2.70. The van der Waals surface area contributed by atoms with Gasteiger partial charge in [0.1, 0.15) is 0 Å². The fraction of sp³-hybridized carbons (Fsp3) is 0.556. The van der Waals surface area contributed by atoms with Crippen LogP contribution in [0.3, 0.4) is 0 Å². The Morgan fingerprint density at radius 1 is 1.41 bits per heavy atom. The number of halogens is 2. The maximum atomic E-state index is 6.27. The summed E-state index contributed by atoms with van der Waals surface area (Å²) in [6, 6.07) is 6.11. The second kappa shape index (κ2) is 6.16. The monoisotopic (exact) mass is 339 g/mol. The molecule has 3 rings (SSSR count). The van der Waals surface area contributed by atoms with E-state index in [-0.39, 0.29) is 16.9 Å². The Bertz CT molecular complexity index is 576. The van der Waals surface area contributed by atoms with Gasteiger partial charge < -0.3 is 10.1 Å². The Morgan fingerprint density at radius 3 is 2.91 bits per heavy atom. The van der Waals surface area contributed by atoms with Crippen molar-refractivity contribution < 1.29 is 4.74 Å². The number of ether oxygens (including phenoxy) is 1. The van der Waals surface area contributed by atoms with Crippen LogP contribution in [0.4, 0.5) is 0 Å². The Labute approximate surface area is 142 Å². The molecule has 1 aromatic rings. The van der Waals surface area contributed by atoms with E-state index in [0.29, 0.717) is 10.0 Å². The van der Waals surface area contributed by atoms with Crippen LogP contribution in [0, 0.1) is 5.41 Å². The summed E-state index contributed by atoms with van der Waals surface area (Å²) in [6.45, 7) is 8.73. The van der Waals surface area contributed by atoms with Crippen LogP contribution in [-0.4, -0.2) is 25.8 Å². The first-order valence-corrected chi connectivity index (χ1v) is 8.74. The lowest BCUT2D eigenvalue weighted by molar-refractivity contribution is -0.00384. The van der Waals surface area contributed by atoms with Crippen LogP contribution in [-0.2, 0) is 10.2 Å². The number of rotatable bonds is 6. The predicted octanol–water partition coefficient (Wildman–Crippen LogP) is 4.60. The summed E-state index contributed by atoms with van der Waals surface area (Å²) in [5.74, 6) is 0. The van der Waals surface area contributed by atoms with Crippen LogP contribution in [0.15, 0.2) is 30.9 Å². The Hall–Kier alpha value is -0.540. The van der Waals surface area contributed by atoms with Gasteiger partial charge in [-0.2, -0.15) is 0 Å². The van der Waals surface area contributed by atoms with Gasteiger partial charge >= 0.3 is 0 Å². The summed E-state index contributed by atoms with van der Waals surface area (Å²) in [5.41, 5.74) is 1.61. The fourth-order valence-electron chi connectivity index (χ4n) is 4.35. The SMILES string of the molecule is C=CCC(OCC)C12CNCCC1(c1ccc(Cl)c(Cl)c1)C2. The van der Waals surface area contributed by atoms with Gasteiger partial charge in [-0.1, -0.05) is 35.3 Å². The molecular weight excluding hydrogens is 317 g/mol. The molecule has 2 aliphatic rings. The number of benzene rings is 1. The molecule has 0 spiro atoms. The molecule has 0 radical (unpaired) electrons. The highest BCUT2D eigenvalue weighted by molar-refractivity contribution is 6.42. The highest BCUT2D eigenvalue weighted by Gasteiger charge is 2.71. The maximum Gasteiger partial charge on any atom is 0.0686 e. The lowest BCUT2D eigenvalue weighted by Crippen LogP contribution is -2.45. The van der Waals surface area contributed by atoms with E-state index in [4.69, 9.17) is 27.9 Å². The minimum Gasteiger partial charge on any atom is -0.378 e. The van der Waals surface area contributed by atoms with E-state index in [9.17, 15) is 0 Å². The van der Waals surface area contributed by atoms with Gasteiger partial charge in [-0.15, -0.1) is 6.58 Å². The minimum atomic E-state index is 0.145. The first-order valence-electron chi connectivity index (χ1n) is 7.98. The molecule has 1 N–H and O–H groups in total. The van der Waals surface area contributed by atoms with E-state index in [0.717, 1.165) is 39.0 Å². The molecule has 3 atom stereocenters. The minimum absolute atomic E-state index is 0.145. The molecule has 1 aromatic carbocycles. The van der Waals surface area contributed by atoms with Gasteiger partial charge in [0.05, 0.1) is 16.1 Å². The molecule has 120 valence electrons. The van der Waals surface area contributed by atoms with Crippen molar-refractivity contribution in [2.45, 2.75) is 37.7 Å². The number of fused-ring (bicyclic) bond motifs is 1. The molecule has 2 fully saturated rings. The lowest BCUT2D eigenvalue weighted by atomic mass is 9.77. The van der Waals surface area contributed by atoms with Crippen molar-refractivity contribution in [1.82, 2.24) is 5.32 Å². The van der Waals surface area contributed by atoms with Crippen molar-refractivity contribution in [3.05, 3.63) is 46.5 Å². The van der Waals surface area contributed by atoms with E-state index >= 15 is 0 Å². The van der Waals surface area contributed by atoms with Gasteiger partial charge in [0.15, 0.2) is 0 Å². The summed E-state index contributed by atoms with van der Waals surface area (Å²) in [6.07, 6.45) is 5.33. The standard InChI is InChI=1S/C18H23Cl2NO/c1-3-5-16(22-4-2)18-11-17(18,8-9-21-12-18)13-6-7-14(19)15(20)10-13/h3,6-7,10,16,21H,1,4-5,8-9,11-12H2,2H3. The molecule has 0 aromatic heterocycles. The zero-order valence-electron chi connectivity index (χ0n) is 13.0. The Morgan fingerprint density at radius 2 is 2.23 bits per heavy atom. The smallest absolute Gasteiger partial charge is 0.0686 e. The van der Waals surface area contributed by atoms with Crippen molar-refractivity contribution in [3.8, 4) is 0 Å². The topological polar surface area (TPSA) is 21.3 Å². The van der Waals surface area contributed by atoms with Crippen LogP contribution in [0.5, 0.6) is 0 Å². The van der Waals surface area contributed by atoms with Gasteiger partial charge in [-0.3, -0.25) is 0 Å². The first kappa shape index (κ1) is 16.3. The average Bonchev–Trinajstić information content (AvgIpc) is 3.21. The third-order valence-electron chi connectivity index (χ3n) is 5.45. The maximum absolute atomic E-state index is 6.27. The number of hydrogen-bond donors (Lipinski definition) is 1. The number of nitrogens with one attached hydrogen (secondary N) is 1. The van der Waals surface area contributed by atoms with E-state index in [1.165, 1.54) is 5.56 Å². The summed E-state index contributed by atoms with van der Waals surface area (Å²) >= 11 is 12.4. The van der Waals surface area contributed by atoms with Gasteiger partial charge in [0.2, 0.25) is 0 Å². The van der Waals surface area contributed by atoms with E-state index in [1.807, 2.05) is 18.2 Å². The van der Waals surface area contributed by atoms with Crippen LogP contribution >= 0.6 is 23.2 Å². The van der Waals surface area contributed by atoms with Crippen molar-refractivity contribution in [1.29, 1.82) is 0 Å². The van der Waals surface area contributed by atoms with E-state index < -0.39 is 0 Å². The van der Waals surface area contributed by atoms with Gasteiger partial charge in [-0.05, 0) is 50.4 Å². The summed E-state index contributed by atoms with van der Waals surface area (Å²) in [5, 5.41) is 4.82. The molecule has 1 heterocycles. The fourth-order valence-corrected chi connectivity index (χ4v) is 4.64. The normalized spacial score (nSPS) is 31.4. The number of piperidine rings is 1. The van der Waals surface area contributed by atoms with Crippen LogP contribution < -0.4 is 5.32 Å². The van der Waals surface area contributed by atoms with Gasteiger partial charge in [0, 0.05) is 24.0 Å². The lowest BCUT2D eigenvalue weighted by Gasteiger charge is -2.37. The molecular formula is C18H23Cl2NO. The van der Waals surface area contributed by atoms with Gasteiger partial charge in [-0.25, -0.2) is 0 Å². The van der Waals surface area contributed by atoms with E-state index in [2.05, 4.69) is 24.9 Å². The third-order valence-corrected chi connectivity index (χ3v) is 6.19. The van der Waals surface area contributed by atoms with Crippen LogP contribution in [0.1, 0.15) is 31.7 Å². The van der Waals surface area contributed by atoms with Crippen LogP contribution in [0.2, 0.25) is 10.0 Å². The summed E-state index contributed by atoms with van der Waals surface area (Å²) < 4.78 is 6.10. The molecule has 0 bridgehead atoms.